The molecule has 1 unspecified atom stereocenters. The maximum atomic E-state index is 13.5. The first kappa shape index (κ1) is 24.6. The fourth-order valence-corrected chi connectivity index (χ4v) is 4.73. The molecule has 188 valence electrons. The Bertz CT molecular complexity index is 1570. The maximum absolute atomic E-state index is 13.5. The highest BCUT2D eigenvalue weighted by Crippen LogP contribution is 2.42. The number of nitrogens with one attached hydrogen (secondary N) is 1. The summed E-state index contributed by atoms with van der Waals surface area (Å²) in [5, 5.41) is 11.4. The van der Waals surface area contributed by atoms with E-state index in [2.05, 4.69) is 25.9 Å². The smallest absolute Gasteiger partial charge is 0.302 e. The number of aliphatic hydroxyl groups excluding tert-OH is 1. The summed E-state index contributed by atoms with van der Waals surface area (Å²) in [6.45, 7) is 1.89. The van der Waals surface area contributed by atoms with Crippen LogP contribution in [0.3, 0.4) is 0 Å². The number of H-pyrrole nitrogens is 1. The van der Waals surface area contributed by atoms with Gasteiger partial charge in [-0.3, -0.25) is 14.5 Å². The van der Waals surface area contributed by atoms with E-state index in [9.17, 15) is 14.7 Å². The van der Waals surface area contributed by atoms with Crippen LogP contribution in [0, 0.1) is 6.92 Å². The van der Waals surface area contributed by atoms with Crippen LogP contribution in [0.15, 0.2) is 70.7 Å². The maximum Gasteiger partial charge on any atom is 0.302 e. The number of amides is 1. The number of imidazole rings is 1. The van der Waals surface area contributed by atoms with E-state index in [1.54, 1.807) is 43.5 Å². The molecule has 0 aliphatic carbocycles. The van der Waals surface area contributed by atoms with Gasteiger partial charge >= 0.3 is 5.91 Å². The molecule has 9 heteroatoms. The number of ketones is 1. The SMILES string of the molecule is COc1ccc2nc(N3C(=O)C(=O)/C(=C(/O)c4ccc(Br)c(C)c4)C3c3ccc(N(C)C)cc3)[nH]c2c1. The lowest BCUT2D eigenvalue weighted by atomic mass is 9.94. The molecular weight excluding hydrogens is 536 g/mol. The second kappa shape index (κ2) is 9.40. The van der Waals surface area contributed by atoms with Crippen molar-refractivity contribution in [2.24, 2.45) is 0 Å². The number of fused-ring (bicyclic) bond motifs is 1. The Labute approximate surface area is 222 Å². The molecule has 1 amide bonds. The lowest BCUT2D eigenvalue weighted by Gasteiger charge is -2.24. The average Bonchev–Trinajstić information content (AvgIpc) is 3.42. The molecular formula is C28H25BrN4O4. The molecule has 1 fully saturated rings. The highest BCUT2D eigenvalue weighted by molar-refractivity contribution is 9.10. The summed E-state index contributed by atoms with van der Waals surface area (Å²) in [7, 11) is 5.43. The first-order valence-corrected chi connectivity index (χ1v) is 12.4. The fourth-order valence-electron chi connectivity index (χ4n) is 4.48. The molecule has 2 N–H and O–H groups in total. The van der Waals surface area contributed by atoms with Crippen LogP contribution in [0.4, 0.5) is 11.6 Å². The third kappa shape index (κ3) is 4.25. The molecule has 0 spiro atoms. The minimum atomic E-state index is -0.886. The largest absolute Gasteiger partial charge is 0.507 e. The molecule has 1 saturated heterocycles. The van der Waals surface area contributed by atoms with Gasteiger partial charge in [0, 0.05) is 35.9 Å². The van der Waals surface area contributed by atoms with E-state index in [4.69, 9.17) is 4.74 Å². The van der Waals surface area contributed by atoms with E-state index < -0.39 is 17.7 Å². The van der Waals surface area contributed by atoms with Gasteiger partial charge in [-0.2, -0.15) is 0 Å². The number of carbonyl (C=O) groups is 2. The van der Waals surface area contributed by atoms with Crippen LogP contribution in [0.25, 0.3) is 16.8 Å². The normalized spacial score (nSPS) is 17.0. The number of hydrogen-bond donors (Lipinski definition) is 2. The molecule has 3 aromatic carbocycles. The summed E-state index contributed by atoms with van der Waals surface area (Å²) < 4.78 is 6.17. The zero-order valence-electron chi connectivity index (χ0n) is 20.7. The molecule has 2 heterocycles. The molecule has 8 nitrogen and oxygen atoms in total. The van der Waals surface area contributed by atoms with Gasteiger partial charge in [-0.15, -0.1) is 0 Å². The predicted octanol–water partition coefficient (Wildman–Crippen LogP) is 5.33. The Balaban J connectivity index is 1.71. The van der Waals surface area contributed by atoms with Crippen molar-refractivity contribution < 1.29 is 19.4 Å². The minimum absolute atomic E-state index is 0.00219. The zero-order chi connectivity index (χ0) is 26.4. The van der Waals surface area contributed by atoms with Gasteiger partial charge in [0.2, 0.25) is 5.95 Å². The summed E-state index contributed by atoms with van der Waals surface area (Å²) in [6.07, 6.45) is 0. The quantitative estimate of drug-likeness (QED) is 0.194. The average molecular weight is 561 g/mol. The van der Waals surface area contributed by atoms with Gasteiger partial charge in [0.05, 0.1) is 29.8 Å². The summed E-state index contributed by atoms with van der Waals surface area (Å²) in [6, 6.07) is 17.2. The monoisotopic (exact) mass is 560 g/mol. The van der Waals surface area contributed by atoms with Crippen LogP contribution >= 0.6 is 15.9 Å². The molecule has 37 heavy (non-hydrogen) atoms. The van der Waals surface area contributed by atoms with E-state index in [0.29, 0.717) is 27.9 Å². The second-order valence-electron chi connectivity index (χ2n) is 9.06. The first-order chi connectivity index (χ1) is 17.7. The number of hydrogen-bond acceptors (Lipinski definition) is 6. The Morgan fingerprint density at radius 1 is 1.08 bits per heavy atom. The van der Waals surface area contributed by atoms with Gasteiger partial charge in [0.15, 0.2) is 0 Å². The number of anilines is 2. The number of halogens is 1. The summed E-state index contributed by atoms with van der Waals surface area (Å²) in [5.74, 6) is -0.957. The molecule has 0 radical (unpaired) electrons. The minimum Gasteiger partial charge on any atom is -0.507 e. The van der Waals surface area contributed by atoms with Crippen LogP contribution in [0.5, 0.6) is 5.75 Å². The molecule has 1 aliphatic heterocycles. The Hall–Kier alpha value is -4.11. The third-order valence-electron chi connectivity index (χ3n) is 6.51. The van der Waals surface area contributed by atoms with E-state index >= 15 is 0 Å². The fraction of sp³-hybridized carbons (Fsp3) is 0.179. The van der Waals surface area contributed by atoms with E-state index in [-0.39, 0.29) is 17.3 Å². The topological polar surface area (TPSA) is 98.8 Å². The molecule has 0 saturated carbocycles. The van der Waals surface area contributed by atoms with Crippen molar-refractivity contribution >= 4 is 56.0 Å². The number of aryl methyl sites for hydroxylation is 1. The van der Waals surface area contributed by atoms with Crippen LogP contribution in [-0.2, 0) is 9.59 Å². The van der Waals surface area contributed by atoms with E-state index in [0.717, 1.165) is 15.7 Å². The zero-order valence-corrected chi connectivity index (χ0v) is 22.3. The van der Waals surface area contributed by atoms with E-state index in [1.807, 2.05) is 50.2 Å². The van der Waals surface area contributed by atoms with Crippen molar-refractivity contribution in [3.05, 3.63) is 87.4 Å². The van der Waals surface area contributed by atoms with Crippen LogP contribution < -0.4 is 14.5 Å². The molecule has 5 rings (SSSR count). The lowest BCUT2D eigenvalue weighted by Crippen LogP contribution is -2.30. The number of methoxy groups -OCH3 is 1. The van der Waals surface area contributed by atoms with Gasteiger partial charge in [0.25, 0.3) is 5.78 Å². The highest BCUT2D eigenvalue weighted by atomic mass is 79.9. The predicted molar refractivity (Wildman–Crippen MR) is 147 cm³/mol. The summed E-state index contributed by atoms with van der Waals surface area (Å²) in [5.41, 5.74) is 4.23. The standard InChI is InChI=1S/C28H25BrN4O4/c1-15-13-17(7-11-20(15)29)25(34)23-24(16-5-8-18(9-6-16)32(2)3)33(27(36)26(23)35)28-30-21-12-10-19(37-4)14-22(21)31-28/h5-14,24,34H,1-4H3,(H,30,31)/b25-23+. The van der Waals surface area contributed by atoms with Crippen molar-refractivity contribution in [3.8, 4) is 5.75 Å². The highest BCUT2D eigenvalue weighted by Gasteiger charge is 2.48. The molecule has 0 bridgehead atoms. The summed E-state index contributed by atoms with van der Waals surface area (Å²) in [4.78, 5) is 37.9. The summed E-state index contributed by atoms with van der Waals surface area (Å²) >= 11 is 3.47. The third-order valence-corrected chi connectivity index (χ3v) is 7.40. The van der Waals surface area contributed by atoms with Crippen molar-refractivity contribution in [1.29, 1.82) is 0 Å². The van der Waals surface area contributed by atoms with E-state index in [1.165, 1.54) is 4.90 Å². The number of aromatic amines is 1. The number of Topliss-reactive ketones (excluding diaryl/α,β-unsaturated/α-hetero) is 1. The van der Waals surface area contributed by atoms with Crippen molar-refractivity contribution in [1.82, 2.24) is 9.97 Å². The molecule has 1 atom stereocenters. The van der Waals surface area contributed by atoms with Crippen LogP contribution in [-0.4, -0.2) is 48.0 Å². The van der Waals surface area contributed by atoms with Crippen molar-refractivity contribution in [2.75, 3.05) is 31.0 Å². The number of carbonyl (C=O) groups excluding carboxylic acids is 2. The van der Waals surface area contributed by atoms with Gasteiger partial charge in [-0.1, -0.05) is 34.1 Å². The number of ether oxygens (including phenoxy) is 1. The molecule has 4 aromatic rings. The molecule has 1 aliphatic rings. The van der Waals surface area contributed by atoms with Gasteiger partial charge in [-0.05, 0) is 54.4 Å². The Morgan fingerprint density at radius 2 is 1.81 bits per heavy atom. The van der Waals surface area contributed by atoms with Crippen LogP contribution in [0.2, 0.25) is 0 Å². The number of aliphatic hydroxyl groups is 1. The number of nitrogens with zero attached hydrogens (tertiary/aromatic N) is 3. The Kier molecular flexibility index (Phi) is 6.25. The number of rotatable bonds is 5. The van der Waals surface area contributed by atoms with Crippen molar-refractivity contribution in [3.63, 3.8) is 0 Å². The second-order valence-corrected chi connectivity index (χ2v) is 9.92. The Morgan fingerprint density at radius 3 is 2.46 bits per heavy atom. The number of aromatic nitrogens is 2. The van der Waals surface area contributed by atoms with Gasteiger partial charge in [0.1, 0.15) is 11.5 Å². The van der Waals surface area contributed by atoms with Gasteiger partial charge < -0.3 is 19.7 Å². The van der Waals surface area contributed by atoms with Crippen LogP contribution in [0.1, 0.15) is 22.7 Å². The molecule has 1 aromatic heterocycles. The lowest BCUT2D eigenvalue weighted by molar-refractivity contribution is -0.132. The first-order valence-electron chi connectivity index (χ1n) is 11.6. The van der Waals surface area contributed by atoms with Gasteiger partial charge in [-0.25, -0.2) is 4.98 Å². The number of benzene rings is 3. The van der Waals surface area contributed by atoms with Crippen molar-refractivity contribution in [2.45, 2.75) is 13.0 Å².